The fourth-order valence-corrected chi connectivity index (χ4v) is 19.8. The SMILES string of the molecule is [2H]c1c([2H])c([2H])c([Si](c2c([2H])c([2H])c([2H])c([2H])c2[2H])(c2c([2H])c([2H])c([2H])c([2H])c2[2H])c2c([2H])c([2H])c([2H])c(-c3cc4c5c(c3)n(-c3[c-]c(Oc6[c-]c7c(cc6)c6ccccc6n7-c6cc(C(C)(C)C)ccn6)ccc3)[c-][n+]5-c3c(-c5ccc6oc7ccccc7c6c5)cc(C(C)(C)C)cc3-c3cc5c(cc3-c3ccccc3-4)C(C)(C)CCC5(C)C)c2[2H])c([2H])c1[2H].[Pt]. The van der Waals surface area contributed by atoms with Crippen LogP contribution in [0, 0.1) is 18.5 Å². The molecule has 5 heterocycles. The molecule has 0 spiro atoms. The van der Waals surface area contributed by atoms with Crippen LogP contribution in [-0.2, 0) is 42.7 Å². The molecular weight excluding hydrogens is 1510 g/mol. The first-order valence-electron chi connectivity index (χ1n) is 45.6. The summed E-state index contributed by atoms with van der Waals surface area (Å²) in [5.74, 6) is 1.25. The molecule has 0 amide bonds. The van der Waals surface area contributed by atoms with Crippen LogP contribution in [0.4, 0.5) is 0 Å². The second-order valence-electron chi connectivity index (χ2n) is 31.5. The zero-order valence-electron chi connectivity index (χ0n) is 80.1. The molecule has 1 aliphatic carbocycles. The number of pyridine rings is 1. The number of rotatable bonds is 10. The van der Waals surface area contributed by atoms with Crippen LogP contribution in [0.5, 0.6) is 11.5 Å². The number of nitrogens with zero attached hydrogens (tertiary/aromatic N) is 4. The van der Waals surface area contributed by atoms with Crippen LogP contribution in [0.25, 0.3) is 128 Å². The number of furan rings is 1. The molecule has 108 heavy (non-hydrogen) atoms. The number of hydrogen-bond acceptors (Lipinski definition) is 3. The first kappa shape index (κ1) is 50.4. The average molecular weight is 1610 g/mol. The smallest absolute Gasteiger partial charge is 0.268 e. The number of fused-ring (bicyclic) bond motifs is 14. The third-order valence-corrected chi connectivity index (χ3v) is 26.0. The van der Waals surface area contributed by atoms with E-state index in [4.69, 9.17) is 18.3 Å². The zero-order chi connectivity index (χ0) is 89.4. The van der Waals surface area contributed by atoms with Crippen molar-refractivity contribution in [3.8, 4) is 84.3 Å². The molecular formula is C100H82N4O2PtSi-2. The summed E-state index contributed by atoms with van der Waals surface area (Å²) >= 11 is 0. The summed E-state index contributed by atoms with van der Waals surface area (Å²) < 4.78 is 206. The summed E-state index contributed by atoms with van der Waals surface area (Å²) in [6.07, 6.45) is 7.52. The largest absolute Gasteiger partial charge is 0.510 e. The fraction of sp³-hybridized carbons (Fsp3) is 0.160. The van der Waals surface area contributed by atoms with E-state index in [2.05, 4.69) is 147 Å². The molecule has 17 aromatic rings. The summed E-state index contributed by atoms with van der Waals surface area (Å²) in [6, 6.07) is 43.6. The number of aromatic nitrogens is 4. The second-order valence-corrected chi connectivity index (χ2v) is 35.0. The summed E-state index contributed by atoms with van der Waals surface area (Å²) in [4.78, 5) is 4.93. The molecule has 530 valence electrons. The van der Waals surface area contributed by atoms with Gasteiger partial charge in [0, 0.05) is 55.1 Å². The van der Waals surface area contributed by atoms with Crippen LogP contribution >= 0.6 is 0 Å². The van der Waals surface area contributed by atoms with Crippen molar-refractivity contribution in [3.05, 3.63) is 332 Å². The van der Waals surface area contributed by atoms with E-state index in [0.29, 0.717) is 61.8 Å². The molecule has 0 bridgehead atoms. The molecule has 0 fully saturated rings. The van der Waals surface area contributed by atoms with E-state index in [0.717, 1.165) is 90.0 Å². The van der Waals surface area contributed by atoms with Gasteiger partial charge in [-0.2, -0.15) is 18.2 Å². The van der Waals surface area contributed by atoms with Crippen LogP contribution in [0.1, 0.15) is 130 Å². The number of imidazole rings is 1. The monoisotopic (exact) mass is 1610 g/mol. The van der Waals surface area contributed by atoms with E-state index in [1.54, 1.807) is 22.8 Å². The minimum absolute atomic E-state index is 0. The van der Waals surface area contributed by atoms with Crippen LogP contribution in [0.3, 0.4) is 0 Å². The third-order valence-electron chi connectivity index (χ3n) is 22.0. The van der Waals surface area contributed by atoms with E-state index in [1.165, 1.54) is 5.56 Å². The van der Waals surface area contributed by atoms with Gasteiger partial charge in [0.2, 0.25) is 0 Å². The summed E-state index contributed by atoms with van der Waals surface area (Å²) in [6.45, 7) is 22.2. The second kappa shape index (κ2) is 25.8. The van der Waals surface area contributed by atoms with Crippen molar-refractivity contribution in [1.82, 2.24) is 14.1 Å². The Kier molecular flexibility index (Phi) is 12.0. The normalized spacial score (nSPS) is 16.3. The number of benzene rings is 13. The maximum Gasteiger partial charge on any atom is 0.268 e. The van der Waals surface area contributed by atoms with Gasteiger partial charge in [-0.25, -0.2) is 4.98 Å². The van der Waals surface area contributed by atoms with Gasteiger partial charge in [0.25, 0.3) is 6.33 Å². The van der Waals surface area contributed by atoms with Crippen LogP contribution in [0.2, 0.25) is 0 Å². The van der Waals surface area contributed by atoms with E-state index in [9.17, 15) is 21.9 Å². The Hall–Kier alpha value is -11.2. The molecule has 1 aliphatic heterocycles. The topological polar surface area (TPSA) is 49.0 Å². The predicted octanol–water partition coefficient (Wildman–Crippen LogP) is 22.5. The molecule has 4 aromatic heterocycles. The molecule has 13 aromatic carbocycles. The van der Waals surface area contributed by atoms with Gasteiger partial charge in [-0.05, 0) is 193 Å². The summed E-state index contributed by atoms with van der Waals surface area (Å²) in [5.41, 5.74) is 13.2. The fourth-order valence-electron chi connectivity index (χ4n) is 16.2. The van der Waals surface area contributed by atoms with Gasteiger partial charge in [-0.15, -0.1) is 29.7 Å². The molecule has 2 aliphatic rings. The molecule has 6 nitrogen and oxygen atoms in total. The van der Waals surface area contributed by atoms with Gasteiger partial charge in [0.15, 0.2) is 8.07 Å². The van der Waals surface area contributed by atoms with E-state index in [-0.39, 0.29) is 48.6 Å². The van der Waals surface area contributed by atoms with Crippen molar-refractivity contribution in [1.29, 1.82) is 0 Å². The van der Waals surface area contributed by atoms with Gasteiger partial charge in [0.1, 0.15) is 17.0 Å². The Labute approximate surface area is 674 Å². The van der Waals surface area contributed by atoms with Gasteiger partial charge >= 0.3 is 0 Å². The Morgan fingerprint density at radius 3 is 1.76 bits per heavy atom. The molecule has 0 radical (unpaired) electrons. The van der Waals surface area contributed by atoms with Crippen LogP contribution in [-0.4, -0.2) is 22.2 Å². The summed E-state index contributed by atoms with van der Waals surface area (Å²) in [5, 5.41) is -0.124. The van der Waals surface area contributed by atoms with Crippen molar-refractivity contribution in [3.63, 3.8) is 0 Å². The van der Waals surface area contributed by atoms with Crippen molar-refractivity contribution < 1.29 is 60.8 Å². The standard InChI is InChI=1S/C100H82N4O2Si.Pt/c1-97(2,3)67-48-51-101-94(58-67)104-89-42-24-22-40-78(89)79-46-45-71(60-90(79)104)105-70-30-27-29-69(59-70)102-63-103-95-81(65-44-47-93-84(53-65)80-41-23-25-43-92(80)106-93)56-68(98(4,5)6)57-86(95)83-62-88-87(99(7,8)49-50-100(88,9)10)61-82(83)76-38-20-21-39-77(76)85-54-66(55-91(102)96(85)103)64-28-26-37-75(52-64)107(72-31-14-11-15-32-72,73-33-16-12-17-34-73)74-35-18-13-19-36-74;/h11-48,51-58,61-62H,49-50H2,1-10H3;/q-2;/i11D,12D,13D,14D,15D,16D,17D,18D,19D,26D,28D,31D,32D,33D,34D,35D,36D,37D,52D;. The van der Waals surface area contributed by atoms with Gasteiger partial charge in [-0.3, -0.25) is 4.57 Å². The Morgan fingerprint density at radius 2 is 1.07 bits per heavy atom. The quantitative estimate of drug-likeness (QED) is 0.0593. The minimum Gasteiger partial charge on any atom is -0.510 e. The summed E-state index contributed by atoms with van der Waals surface area (Å²) in [7, 11) is -6.35. The van der Waals surface area contributed by atoms with E-state index in [1.807, 2.05) is 108 Å². The van der Waals surface area contributed by atoms with E-state index >= 15 is 0 Å². The first-order chi connectivity index (χ1) is 59.6. The predicted molar refractivity (Wildman–Crippen MR) is 444 cm³/mol. The Bertz CT molecular complexity index is 7430. The number of hydrogen-bond donors (Lipinski definition) is 0. The van der Waals surface area contributed by atoms with Crippen molar-refractivity contribution >= 4 is 83.6 Å². The van der Waals surface area contributed by atoms with Gasteiger partial charge in [0.05, 0.1) is 42.8 Å². The molecule has 0 unspecified atom stereocenters. The van der Waals surface area contributed by atoms with Crippen molar-refractivity contribution in [2.24, 2.45) is 0 Å². The van der Waals surface area contributed by atoms with Crippen LogP contribution in [0.15, 0.2) is 295 Å². The van der Waals surface area contributed by atoms with E-state index < -0.39 is 155 Å². The number of ether oxygens (including phenoxy) is 1. The van der Waals surface area contributed by atoms with Gasteiger partial charge in [-0.1, -0.05) is 281 Å². The molecule has 0 saturated heterocycles. The Balaban J connectivity index is 0.0000109. The van der Waals surface area contributed by atoms with Crippen molar-refractivity contribution in [2.75, 3.05) is 0 Å². The zero-order valence-corrected chi connectivity index (χ0v) is 64.4. The molecule has 8 heteroatoms. The number of para-hydroxylation sites is 2. The molecule has 0 atom stereocenters. The maximum atomic E-state index is 11.3. The van der Waals surface area contributed by atoms with Crippen molar-refractivity contribution in [2.45, 2.75) is 104 Å². The molecule has 0 N–H and O–H groups in total. The minimum atomic E-state index is -6.35. The maximum absolute atomic E-state index is 11.3. The van der Waals surface area contributed by atoms with Crippen LogP contribution < -0.4 is 30.1 Å². The Morgan fingerprint density at radius 1 is 0.472 bits per heavy atom. The third kappa shape index (κ3) is 11.2. The van der Waals surface area contributed by atoms with Gasteiger partial charge < -0.3 is 18.3 Å². The first-order valence-corrected chi connectivity index (χ1v) is 38.1. The molecule has 0 saturated carbocycles. The molecule has 19 rings (SSSR count). The average Bonchev–Trinajstić information content (AvgIpc) is 1.40.